The second kappa shape index (κ2) is 16.8. The van der Waals surface area contributed by atoms with Gasteiger partial charge < -0.3 is 20.5 Å². The summed E-state index contributed by atoms with van der Waals surface area (Å²) < 4.78 is 48.2. The largest absolute Gasteiger partial charge is 1.00 e. The summed E-state index contributed by atoms with van der Waals surface area (Å²) in [5.74, 6) is -1.96. The number of hydrogen-bond donors (Lipinski definition) is 2. The van der Waals surface area contributed by atoms with Crippen molar-refractivity contribution in [1.82, 2.24) is 10.6 Å². The maximum absolute atomic E-state index is 13.3. The normalized spacial score (nSPS) is 15.7. The van der Waals surface area contributed by atoms with Crippen molar-refractivity contribution in [3.8, 4) is 11.1 Å². The molecule has 1 amide bonds. The van der Waals surface area contributed by atoms with Crippen molar-refractivity contribution in [3.05, 3.63) is 59.2 Å². The summed E-state index contributed by atoms with van der Waals surface area (Å²) in [7, 11) is -6.63. The van der Waals surface area contributed by atoms with Gasteiger partial charge in [0.25, 0.3) is 5.91 Å². The Balaban J connectivity index is 0.00000645. The van der Waals surface area contributed by atoms with E-state index in [0.29, 0.717) is 18.0 Å². The summed E-state index contributed by atoms with van der Waals surface area (Å²) >= 11 is 0. The molecule has 0 aliphatic heterocycles. The van der Waals surface area contributed by atoms with Crippen LogP contribution in [0.2, 0.25) is 0 Å². The van der Waals surface area contributed by atoms with Crippen LogP contribution < -0.4 is 34.6 Å². The molecule has 0 aromatic heterocycles. The van der Waals surface area contributed by atoms with Crippen molar-refractivity contribution in [2.45, 2.75) is 77.4 Å². The van der Waals surface area contributed by atoms with E-state index in [1.165, 1.54) is 19.3 Å². The molecule has 1 saturated carbocycles. The average Bonchev–Trinajstić information content (AvgIpc) is 2.93. The number of carbonyl (C=O) groups excluding carboxylic acids is 2. The van der Waals surface area contributed by atoms with Gasteiger partial charge in [0, 0.05) is 30.2 Å². The van der Waals surface area contributed by atoms with Crippen LogP contribution >= 0.6 is 0 Å². The molecule has 2 atom stereocenters. The zero-order valence-electron chi connectivity index (χ0n) is 25.7. The predicted octanol–water partition coefficient (Wildman–Crippen LogP) is -0.188. The van der Waals surface area contributed by atoms with Crippen molar-refractivity contribution >= 4 is 31.6 Å². The van der Waals surface area contributed by atoms with Crippen LogP contribution in [-0.2, 0) is 31.0 Å². The van der Waals surface area contributed by atoms with Crippen LogP contribution in [0.1, 0.15) is 73.4 Å². The van der Waals surface area contributed by atoms with Gasteiger partial charge in [0.1, 0.15) is 9.84 Å². The number of carboxylic acids is 1. The van der Waals surface area contributed by atoms with Gasteiger partial charge in [0.2, 0.25) is 0 Å². The SMILES string of the molecule is CCS(=O)(=O)CC(CC1CCCCC1)NCc1ccc(C(=O)NC(CCS(C)(=O)=O)C(=O)[O-])c(-c2ccccc2C)c1.[Li+]. The predicted molar refractivity (Wildman–Crippen MR) is 163 cm³/mol. The van der Waals surface area contributed by atoms with E-state index in [1.807, 2.05) is 37.3 Å². The number of rotatable bonds is 15. The summed E-state index contributed by atoms with van der Waals surface area (Å²) in [6.07, 6.45) is 7.29. The van der Waals surface area contributed by atoms with Crippen LogP contribution in [0, 0.1) is 12.8 Å². The van der Waals surface area contributed by atoms with Crippen molar-refractivity contribution in [1.29, 1.82) is 0 Å². The minimum absolute atomic E-state index is 0. The molecule has 3 rings (SSSR count). The molecule has 0 bridgehead atoms. The van der Waals surface area contributed by atoms with Crippen molar-refractivity contribution in [3.63, 3.8) is 0 Å². The Labute approximate surface area is 268 Å². The number of sulfone groups is 2. The molecular formula is C31H43LiN2O7S2. The van der Waals surface area contributed by atoms with Crippen LogP contribution in [0.3, 0.4) is 0 Å². The van der Waals surface area contributed by atoms with E-state index in [2.05, 4.69) is 10.6 Å². The van der Waals surface area contributed by atoms with Crippen LogP contribution in [0.25, 0.3) is 11.1 Å². The van der Waals surface area contributed by atoms with E-state index in [-0.39, 0.29) is 48.4 Å². The second-order valence-electron chi connectivity index (χ2n) is 11.5. The van der Waals surface area contributed by atoms with Crippen LogP contribution in [0.5, 0.6) is 0 Å². The maximum Gasteiger partial charge on any atom is 1.00 e. The maximum atomic E-state index is 13.3. The van der Waals surface area contributed by atoms with E-state index < -0.39 is 43.3 Å². The molecule has 2 N–H and O–H groups in total. The standard InChI is InChI=1S/C31H44N2O7S2.Li/c1-4-42(39,40)21-25(18-23-11-6-5-7-12-23)32-20-24-14-15-27(28(19-24)26-13-9-8-10-22(26)2)30(34)33-29(31(35)36)16-17-41(3,37)38;/h8-10,13-15,19,23,25,29,32H,4-7,11-12,16-18,20-21H2,1-3H3,(H,33,34)(H,35,36);/q;+1/p-1. The molecule has 0 heterocycles. The quantitative estimate of drug-likeness (QED) is 0.259. The molecule has 2 unspecified atom stereocenters. The third-order valence-electron chi connectivity index (χ3n) is 7.96. The molecule has 1 aliphatic carbocycles. The molecule has 1 aliphatic rings. The van der Waals surface area contributed by atoms with E-state index in [9.17, 15) is 31.5 Å². The van der Waals surface area contributed by atoms with Gasteiger partial charge in [-0.05, 0) is 60.1 Å². The van der Waals surface area contributed by atoms with Gasteiger partial charge in [0.15, 0.2) is 9.84 Å². The van der Waals surface area contributed by atoms with E-state index >= 15 is 0 Å². The number of aryl methyl sites for hydroxylation is 1. The molecule has 0 radical (unpaired) electrons. The fourth-order valence-electron chi connectivity index (χ4n) is 5.54. The van der Waals surface area contributed by atoms with E-state index in [4.69, 9.17) is 0 Å². The number of hydrogen-bond acceptors (Lipinski definition) is 8. The molecular weight excluding hydrogens is 583 g/mol. The van der Waals surface area contributed by atoms with Gasteiger partial charge in [-0.3, -0.25) is 4.79 Å². The molecule has 2 aromatic rings. The Morgan fingerprint density at radius 1 is 1.00 bits per heavy atom. The fourth-order valence-corrected chi connectivity index (χ4v) is 7.30. The molecule has 9 nitrogen and oxygen atoms in total. The number of carbonyl (C=O) groups is 2. The molecule has 0 spiro atoms. The van der Waals surface area contributed by atoms with Gasteiger partial charge in [-0.1, -0.05) is 69.4 Å². The van der Waals surface area contributed by atoms with Crippen molar-refractivity contribution in [2.75, 3.05) is 23.5 Å². The zero-order valence-corrected chi connectivity index (χ0v) is 27.4. The number of amides is 1. The molecule has 12 heteroatoms. The molecule has 1 fully saturated rings. The topological polar surface area (TPSA) is 150 Å². The van der Waals surface area contributed by atoms with Crippen molar-refractivity contribution < 1.29 is 50.4 Å². The first-order valence-electron chi connectivity index (χ1n) is 14.6. The monoisotopic (exact) mass is 626 g/mol. The third kappa shape index (κ3) is 12.0. The summed E-state index contributed by atoms with van der Waals surface area (Å²) in [6.45, 7) is 3.97. The van der Waals surface area contributed by atoms with Crippen LogP contribution in [0.15, 0.2) is 42.5 Å². The fraction of sp³-hybridized carbons (Fsp3) is 0.548. The number of carboxylic acid groups (broad SMARTS) is 1. The molecule has 43 heavy (non-hydrogen) atoms. The average molecular weight is 627 g/mol. The molecule has 2 aromatic carbocycles. The zero-order chi connectivity index (χ0) is 30.9. The summed E-state index contributed by atoms with van der Waals surface area (Å²) in [6, 6.07) is 11.1. The van der Waals surface area contributed by atoms with Gasteiger partial charge in [-0.25, -0.2) is 16.8 Å². The van der Waals surface area contributed by atoms with Crippen LogP contribution in [0.4, 0.5) is 0 Å². The van der Waals surface area contributed by atoms with Crippen molar-refractivity contribution in [2.24, 2.45) is 5.92 Å². The summed E-state index contributed by atoms with van der Waals surface area (Å²) in [4.78, 5) is 25.0. The Kier molecular flexibility index (Phi) is 14.5. The smallest absolute Gasteiger partial charge is 0.548 e. The summed E-state index contributed by atoms with van der Waals surface area (Å²) in [5.41, 5.74) is 3.38. The number of benzene rings is 2. The Morgan fingerprint density at radius 3 is 2.28 bits per heavy atom. The number of aliphatic carboxylic acids is 1. The van der Waals surface area contributed by atoms with Gasteiger partial charge in [-0.15, -0.1) is 0 Å². The second-order valence-corrected chi connectivity index (χ2v) is 16.1. The first-order valence-corrected chi connectivity index (χ1v) is 18.5. The molecule has 232 valence electrons. The molecule has 0 saturated heterocycles. The van der Waals surface area contributed by atoms with Gasteiger partial charge >= 0.3 is 18.9 Å². The minimum atomic E-state index is -3.44. The Bertz CT molecular complexity index is 1460. The Morgan fingerprint density at radius 2 is 1.67 bits per heavy atom. The van der Waals surface area contributed by atoms with E-state index in [1.54, 1.807) is 19.1 Å². The Hall–Kier alpha value is -2.16. The number of nitrogens with one attached hydrogen (secondary N) is 2. The van der Waals surface area contributed by atoms with Gasteiger partial charge in [-0.2, -0.15) is 0 Å². The first-order chi connectivity index (χ1) is 19.8. The van der Waals surface area contributed by atoms with E-state index in [0.717, 1.165) is 42.2 Å². The van der Waals surface area contributed by atoms with Gasteiger partial charge in [0.05, 0.1) is 23.5 Å². The summed E-state index contributed by atoms with van der Waals surface area (Å²) in [5, 5.41) is 17.6. The third-order valence-corrected chi connectivity index (χ3v) is 10.7. The minimum Gasteiger partial charge on any atom is -0.548 e. The van der Waals surface area contributed by atoms with Crippen LogP contribution in [-0.4, -0.2) is 64.3 Å². The first kappa shape index (κ1) is 37.0.